The number of hydrogen-bond donors (Lipinski definition) is 0. The lowest BCUT2D eigenvalue weighted by Crippen LogP contribution is -2.34. The maximum atomic E-state index is 12.8. The van der Waals surface area contributed by atoms with E-state index < -0.39 is 0 Å². The van der Waals surface area contributed by atoms with Gasteiger partial charge < -0.3 is 14.2 Å². The number of para-hydroxylation sites is 2. The topological polar surface area (TPSA) is 64.4 Å². The zero-order chi connectivity index (χ0) is 25.8. The Balaban J connectivity index is 1.61. The summed E-state index contributed by atoms with van der Waals surface area (Å²) in [5, 5.41) is 0.811. The number of hydrogen-bond acceptors (Lipinski definition) is 5. The molecule has 0 aliphatic carbocycles. The van der Waals surface area contributed by atoms with Gasteiger partial charge in [0.05, 0.1) is 17.1 Å². The zero-order valence-electron chi connectivity index (χ0n) is 21.8. The fourth-order valence-electron chi connectivity index (χ4n) is 3.97. The van der Waals surface area contributed by atoms with Gasteiger partial charge in [0.25, 0.3) is 0 Å². The van der Waals surface area contributed by atoms with E-state index in [2.05, 4.69) is 19.1 Å². The van der Waals surface area contributed by atoms with E-state index >= 15 is 0 Å². The Hall–Kier alpha value is -2.80. The Morgan fingerprint density at radius 1 is 1.03 bits per heavy atom. The van der Waals surface area contributed by atoms with Crippen LogP contribution < -0.4 is 0 Å². The number of fused-ring (bicyclic) bond motifs is 1. The van der Waals surface area contributed by atoms with Crippen LogP contribution in [-0.4, -0.2) is 51.3 Å². The van der Waals surface area contributed by atoms with Crippen LogP contribution in [0.25, 0.3) is 11.0 Å². The second-order valence-electron chi connectivity index (χ2n) is 9.10. The molecule has 0 spiro atoms. The monoisotopic (exact) mass is 509 g/mol. The van der Waals surface area contributed by atoms with Crippen molar-refractivity contribution in [3.8, 4) is 0 Å². The van der Waals surface area contributed by atoms with Crippen LogP contribution in [0.1, 0.15) is 58.4 Å². The lowest BCUT2D eigenvalue weighted by Gasteiger charge is -2.23. The first kappa shape index (κ1) is 27.8. The SMILES string of the molecule is CCCCC(=O)N(CCCSc1nc2ccccc2n1CC(=O)OC(C)CC)CCc1ccccc1. The molecule has 0 aliphatic heterocycles. The minimum Gasteiger partial charge on any atom is -0.461 e. The number of nitrogens with zero attached hydrogens (tertiary/aromatic N) is 3. The van der Waals surface area contributed by atoms with Crippen LogP contribution in [-0.2, 0) is 27.3 Å². The number of ether oxygens (including phenoxy) is 1. The summed E-state index contributed by atoms with van der Waals surface area (Å²) in [5.41, 5.74) is 3.05. The van der Waals surface area contributed by atoms with E-state index in [1.165, 1.54) is 5.56 Å². The molecule has 0 N–H and O–H groups in total. The highest BCUT2D eigenvalue weighted by molar-refractivity contribution is 7.99. The van der Waals surface area contributed by atoms with Crippen molar-refractivity contribution in [3.05, 3.63) is 60.2 Å². The summed E-state index contributed by atoms with van der Waals surface area (Å²) in [5.74, 6) is 0.799. The van der Waals surface area contributed by atoms with E-state index in [-0.39, 0.29) is 24.5 Å². The molecule has 0 saturated carbocycles. The number of thioether (sulfide) groups is 1. The average molecular weight is 510 g/mol. The lowest BCUT2D eigenvalue weighted by atomic mass is 10.1. The number of carbonyl (C=O) groups is 2. The number of imidazole rings is 1. The van der Waals surface area contributed by atoms with Gasteiger partial charge in [0.1, 0.15) is 6.54 Å². The van der Waals surface area contributed by atoms with Crippen LogP contribution in [0.15, 0.2) is 59.8 Å². The van der Waals surface area contributed by atoms with E-state index in [0.29, 0.717) is 6.42 Å². The quantitative estimate of drug-likeness (QED) is 0.140. The third kappa shape index (κ3) is 8.40. The molecular weight excluding hydrogens is 470 g/mol. The maximum Gasteiger partial charge on any atom is 0.326 e. The Kier molecular flexibility index (Phi) is 11.3. The Bertz CT molecular complexity index is 1100. The average Bonchev–Trinajstić information content (AvgIpc) is 3.24. The number of rotatable bonds is 15. The fraction of sp³-hybridized carbons (Fsp3) is 0.483. The van der Waals surface area contributed by atoms with Crippen LogP contribution >= 0.6 is 11.8 Å². The van der Waals surface area contributed by atoms with E-state index in [1.807, 2.05) is 65.8 Å². The summed E-state index contributed by atoms with van der Waals surface area (Å²) in [6.45, 7) is 7.62. The maximum absolute atomic E-state index is 12.8. The molecule has 36 heavy (non-hydrogen) atoms. The van der Waals surface area contributed by atoms with Crippen LogP contribution in [0.3, 0.4) is 0 Å². The lowest BCUT2D eigenvalue weighted by molar-refractivity contribution is -0.149. The molecule has 1 heterocycles. The van der Waals surface area contributed by atoms with E-state index in [4.69, 9.17) is 9.72 Å². The molecule has 1 unspecified atom stereocenters. The minimum atomic E-state index is -0.247. The smallest absolute Gasteiger partial charge is 0.326 e. The summed E-state index contributed by atoms with van der Waals surface area (Å²) >= 11 is 1.63. The van der Waals surface area contributed by atoms with E-state index in [1.54, 1.807) is 11.8 Å². The number of esters is 1. The van der Waals surface area contributed by atoms with Crippen LogP contribution in [0.5, 0.6) is 0 Å². The second kappa shape index (κ2) is 14.7. The van der Waals surface area contributed by atoms with Crippen molar-refractivity contribution in [1.82, 2.24) is 14.5 Å². The molecule has 0 fully saturated rings. The molecule has 0 saturated heterocycles. The molecule has 0 bridgehead atoms. The molecule has 0 radical (unpaired) electrons. The van der Waals surface area contributed by atoms with Crippen molar-refractivity contribution >= 4 is 34.7 Å². The number of carbonyl (C=O) groups excluding carboxylic acids is 2. The number of aromatic nitrogens is 2. The van der Waals surface area contributed by atoms with Gasteiger partial charge in [0, 0.05) is 25.3 Å². The molecule has 6 nitrogen and oxygen atoms in total. The van der Waals surface area contributed by atoms with Crippen molar-refractivity contribution in [2.24, 2.45) is 0 Å². The minimum absolute atomic E-state index is 0.101. The first-order valence-corrected chi connectivity index (χ1v) is 14.1. The highest BCUT2D eigenvalue weighted by Crippen LogP contribution is 2.25. The van der Waals surface area contributed by atoms with Gasteiger partial charge in [0.15, 0.2) is 5.16 Å². The van der Waals surface area contributed by atoms with Crippen LogP contribution in [0.4, 0.5) is 0 Å². The Morgan fingerprint density at radius 3 is 2.53 bits per heavy atom. The van der Waals surface area contributed by atoms with Gasteiger partial charge in [-0.15, -0.1) is 0 Å². The predicted octanol–water partition coefficient (Wildman–Crippen LogP) is 6.12. The first-order valence-electron chi connectivity index (χ1n) is 13.1. The van der Waals surface area contributed by atoms with Gasteiger partial charge in [0.2, 0.25) is 5.91 Å². The van der Waals surface area contributed by atoms with E-state index in [0.717, 1.165) is 67.1 Å². The van der Waals surface area contributed by atoms with Crippen molar-refractivity contribution in [2.75, 3.05) is 18.8 Å². The first-order chi connectivity index (χ1) is 17.5. The second-order valence-corrected chi connectivity index (χ2v) is 10.2. The Morgan fingerprint density at radius 2 is 1.78 bits per heavy atom. The van der Waals surface area contributed by atoms with Crippen molar-refractivity contribution in [2.45, 2.75) is 77.1 Å². The largest absolute Gasteiger partial charge is 0.461 e. The molecule has 3 rings (SSSR count). The van der Waals surface area contributed by atoms with Crippen molar-refractivity contribution in [1.29, 1.82) is 0 Å². The standard InChI is InChI=1S/C29H39N3O3S/c1-4-6-17-27(33)31(20-18-24-13-8-7-9-14-24)19-12-21-36-29-30-25-15-10-11-16-26(25)32(29)22-28(34)35-23(3)5-2/h7-11,13-16,23H,4-6,12,17-22H2,1-3H3. The molecule has 1 atom stereocenters. The van der Waals surface area contributed by atoms with Crippen LogP contribution in [0, 0.1) is 0 Å². The number of amides is 1. The summed E-state index contributed by atoms with van der Waals surface area (Å²) in [7, 11) is 0. The molecule has 1 aromatic heterocycles. The van der Waals surface area contributed by atoms with Gasteiger partial charge in [-0.1, -0.05) is 74.5 Å². The van der Waals surface area contributed by atoms with Crippen molar-refractivity contribution in [3.63, 3.8) is 0 Å². The summed E-state index contributed by atoms with van der Waals surface area (Å²) in [6.07, 6.45) is 4.95. The zero-order valence-corrected chi connectivity index (χ0v) is 22.6. The fourth-order valence-corrected chi connectivity index (χ4v) is 4.90. The molecule has 7 heteroatoms. The summed E-state index contributed by atoms with van der Waals surface area (Å²) in [4.78, 5) is 32.1. The summed E-state index contributed by atoms with van der Waals surface area (Å²) < 4.78 is 7.46. The molecular formula is C29H39N3O3S. The highest BCUT2D eigenvalue weighted by Gasteiger charge is 2.17. The van der Waals surface area contributed by atoms with Gasteiger partial charge >= 0.3 is 5.97 Å². The summed E-state index contributed by atoms with van der Waals surface area (Å²) in [6, 6.07) is 18.2. The molecule has 3 aromatic rings. The number of unbranched alkanes of at least 4 members (excludes halogenated alkanes) is 1. The predicted molar refractivity (Wildman–Crippen MR) is 147 cm³/mol. The molecule has 194 valence electrons. The van der Waals surface area contributed by atoms with Gasteiger partial charge in [-0.25, -0.2) is 4.98 Å². The Labute approximate surface area is 219 Å². The molecule has 2 aromatic carbocycles. The molecule has 0 aliphatic rings. The van der Waals surface area contributed by atoms with Crippen LogP contribution in [0.2, 0.25) is 0 Å². The normalized spacial score (nSPS) is 12.0. The highest BCUT2D eigenvalue weighted by atomic mass is 32.2. The van der Waals surface area contributed by atoms with Gasteiger partial charge in [-0.05, 0) is 50.3 Å². The molecule has 1 amide bonds. The van der Waals surface area contributed by atoms with Crippen molar-refractivity contribution < 1.29 is 14.3 Å². The van der Waals surface area contributed by atoms with Gasteiger partial charge in [-0.3, -0.25) is 9.59 Å². The third-order valence-electron chi connectivity index (χ3n) is 6.23. The van der Waals surface area contributed by atoms with E-state index in [9.17, 15) is 9.59 Å². The number of benzene rings is 2. The third-order valence-corrected chi connectivity index (χ3v) is 7.29. The van der Waals surface area contributed by atoms with Gasteiger partial charge in [-0.2, -0.15) is 0 Å².